The van der Waals surface area contributed by atoms with Gasteiger partial charge < -0.3 is 4.74 Å². The molecule has 1 nitrogen and oxygen atoms in total. The average molecular weight is 266 g/mol. The van der Waals surface area contributed by atoms with Gasteiger partial charge in [-0.3, -0.25) is 0 Å². The van der Waals surface area contributed by atoms with E-state index >= 15 is 0 Å². The minimum Gasteiger partial charge on any atom is -0.365 e. The molecule has 2 atom stereocenters. The van der Waals surface area contributed by atoms with Gasteiger partial charge in [0.05, 0.1) is 6.61 Å². The van der Waals surface area contributed by atoms with Gasteiger partial charge in [0.2, 0.25) is 0 Å². The Morgan fingerprint density at radius 3 is 2.72 bits per heavy atom. The quantitative estimate of drug-likeness (QED) is 0.602. The molecular weight excluding hydrogens is 240 g/mol. The van der Waals surface area contributed by atoms with E-state index in [0.29, 0.717) is 12.5 Å². The second-order valence-corrected chi connectivity index (χ2v) is 6.35. The molecule has 102 valence electrons. The Morgan fingerprint density at radius 2 is 2.17 bits per heavy atom. The summed E-state index contributed by atoms with van der Waals surface area (Å²) in [5, 5.41) is 0. The lowest BCUT2D eigenvalue weighted by Crippen LogP contribution is -2.44. The molecule has 0 saturated heterocycles. The van der Waals surface area contributed by atoms with Crippen LogP contribution in [0.3, 0.4) is 0 Å². The van der Waals surface area contributed by atoms with Crippen LogP contribution in [0.5, 0.6) is 0 Å². The van der Waals surface area contributed by atoms with Crippen molar-refractivity contribution >= 4 is 11.8 Å². The molecule has 0 heterocycles. The Morgan fingerprint density at radius 1 is 1.44 bits per heavy atom. The number of hydrogen-bond donors (Lipinski definition) is 0. The standard InChI is InChI=1S/C16H26OS/c1-6-12-17-16(14(5)18-7-2)11-9-8-10-15(16)13(3)4/h6,15H,1,3,5,7-12H2,2,4H3/t15-,16+/m0/s1. The highest BCUT2D eigenvalue weighted by molar-refractivity contribution is 8.03. The van der Waals surface area contributed by atoms with Gasteiger partial charge in [-0.05, 0) is 25.5 Å². The molecule has 0 aliphatic heterocycles. The van der Waals surface area contributed by atoms with Crippen LogP contribution in [0.4, 0.5) is 0 Å². The van der Waals surface area contributed by atoms with Crippen LogP contribution in [0.25, 0.3) is 0 Å². The molecule has 0 bridgehead atoms. The summed E-state index contributed by atoms with van der Waals surface area (Å²) in [6.07, 6.45) is 6.53. The van der Waals surface area contributed by atoms with Gasteiger partial charge in [0.15, 0.2) is 0 Å². The van der Waals surface area contributed by atoms with Crippen molar-refractivity contribution in [2.75, 3.05) is 12.4 Å². The summed E-state index contributed by atoms with van der Waals surface area (Å²) in [4.78, 5) is 1.17. The van der Waals surface area contributed by atoms with Gasteiger partial charge in [0, 0.05) is 10.8 Å². The van der Waals surface area contributed by atoms with Gasteiger partial charge >= 0.3 is 0 Å². The van der Waals surface area contributed by atoms with Crippen LogP contribution in [0.15, 0.2) is 36.3 Å². The van der Waals surface area contributed by atoms with Gasteiger partial charge in [-0.1, -0.05) is 44.6 Å². The molecular formula is C16H26OS. The first kappa shape index (κ1) is 15.6. The average Bonchev–Trinajstić information content (AvgIpc) is 2.36. The second-order valence-electron chi connectivity index (χ2n) is 4.99. The summed E-state index contributed by atoms with van der Waals surface area (Å²) >= 11 is 1.81. The second kappa shape index (κ2) is 7.20. The molecule has 0 aromatic heterocycles. The summed E-state index contributed by atoms with van der Waals surface area (Å²) in [5.74, 6) is 1.44. The van der Waals surface area contributed by atoms with Gasteiger partial charge in [-0.25, -0.2) is 0 Å². The number of ether oxygens (including phenoxy) is 1. The van der Waals surface area contributed by atoms with Gasteiger partial charge in [0.1, 0.15) is 5.60 Å². The highest BCUT2D eigenvalue weighted by Gasteiger charge is 2.44. The third kappa shape index (κ3) is 3.30. The highest BCUT2D eigenvalue weighted by Crippen LogP contribution is 2.47. The molecule has 0 unspecified atom stereocenters. The summed E-state index contributed by atoms with van der Waals surface area (Å²) in [6.45, 7) is 17.1. The molecule has 1 saturated carbocycles. The molecule has 0 amide bonds. The topological polar surface area (TPSA) is 9.23 Å². The zero-order valence-electron chi connectivity index (χ0n) is 11.8. The van der Waals surface area contributed by atoms with Crippen LogP contribution in [-0.2, 0) is 4.74 Å². The first-order valence-corrected chi connectivity index (χ1v) is 7.79. The highest BCUT2D eigenvalue weighted by atomic mass is 32.2. The SMILES string of the molecule is C=CCO[C@@]1(C(=C)SCC)CCCC[C@H]1C(=C)C. The smallest absolute Gasteiger partial charge is 0.105 e. The maximum atomic E-state index is 6.21. The van der Waals surface area contributed by atoms with E-state index in [-0.39, 0.29) is 5.60 Å². The fourth-order valence-electron chi connectivity index (χ4n) is 2.88. The molecule has 0 radical (unpaired) electrons. The molecule has 1 fully saturated rings. The molecule has 1 aliphatic rings. The molecule has 2 heteroatoms. The van der Waals surface area contributed by atoms with Crippen molar-refractivity contribution < 1.29 is 4.74 Å². The van der Waals surface area contributed by atoms with Crippen LogP contribution < -0.4 is 0 Å². The minimum absolute atomic E-state index is 0.223. The Hall–Kier alpha value is -0.470. The van der Waals surface area contributed by atoms with E-state index in [1.54, 1.807) is 0 Å². The van der Waals surface area contributed by atoms with E-state index in [9.17, 15) is 0 Å². The predicted octanol–water partition coefficient (Wildman–Crippen LogP) is 4.96. The Bertz CT molecular complexity index is 321. The first-order chi connectivity index (χ1) is 8.58. The lowest BCUT2D eigenvalue weighted by atomic mass is 9.72. The predicted molar refractivity (Wildman–Crippen MR) is 82.9 cm³/mol. The summed E-state index contributed by atoms with van der Waals surface area (Å²) in [6, 6.07) is 0. The zero-order chi connectivity index (χ0) is 13.6. The van der Waals surface area contributed by atoms with Crippen LogP contribution in [-0.4, -0.2) is 18.0 Å². The Balaban J connectivity index is 3.01. The molecule has 18 heavy (non-hydrogen) atoms. The van der Waals surface area contributed by atoms with E-state index in [1.165, 1.54) is 23.3 Å². The van der Waals surface area contributed by atoms with E-state index in [2.05, 4.69) is 33.6 Å². The molecule has 1 rings (SSSR count). The first-order valence-electron chi connectivity index (χ1n) is 6.81. The van der Waals surface area contributed by atoms with Gasteiger partial charge in [-0.2, -0.15) is 0 Å². The van der Waals surface area contributed by atoms with Crippen molar-refractivity contribution in [3.05, 3.63) is 36.3 Å². The molecule has 0 aromatic rings. The van der Waals surface area contributed by atoms with Crippen molar-refractivity contribution in [2.24, 2.45) is 5.92 Å². The third-order valence-electron chi connectivity index (χ3n) is 3.70. The molecule has 0 aromatic carbocycles. The summed E-state index contributed by atoms with van der Waals surface area (Å²) in [5.41, 5.74) is 0.996. The molecule has 1 aliphatic carbocycles. The van der Waals surface area contributed by atoms with Crippen molar-refractivity contribution in [1.82, 2.24) is 0 Å². The van der Waals surface area contributed by atoms with Crippen molar-refractivity contribution in [2.45, 2.75) is 45.1 Å². The third-order valence-corrected chi connectivity index (χ3v) is 4.68. The summed E-state index contributed by atoms with van der Waals surface area (Å²) in [7, 11) is 0. The lowest BCUT2D eigenvalue weighted by Gasteiger charge is -2.45. The van der Waals surface area contributed by atoms with Gasteiger partial charge in [-0.15, -0.1) is 18.3 Å². The lowest BCUT2D eigenvalue weighted by molar-refractivity contribution is -0.0517. The van der Waals surface area contributed by atoms with Crippen LogP contribution in [0.1, 0.15) is 39.5 Å². The fourth-order valence-corrected chi connectivity index (χ4v) is 3.77. The molecule has 0 spiro atoms. The van der Waals surface area contributed by atoms with Crippen molar-refractivity contribution in [1.29, 1.82) is 0 Å². The Kier molecular flexibility index (Phi) is 6.24. The fraction of sp³-hybridized carbons (Fsp3) is 0.625. The van der Waals surface area contributed by atoms with E-state index in [1.807, 2.05) is 17.8 Å². The number of rotatable bonds is 7. The monoisotopic (exact) mass is 266 g/mol. The maximum Gasteiger partial charge on any atom is 0.105 e. The van der Waals surface area contributed by atoms with E-state index in [4.69, 9.17) is 4.74 Å². The van der Waals surface area contributed by atoms with E-state index < -0.39 is 0 Å². The van der Waals surface area contributed by atoms with Crippen LogP contribution >= 0.6 is 11.8 Å². The maximum absolute atomic E-state index is 6.21. The van der Waals surface area contributed by atoms with Crippen LogP contribution in [0, 0.1) is 5.92 Å². The number of hydrogen-bond acceptors (Lipinski definition) is 2. The summed E-state index contributed by atoms with van der Waals surface area (Å²) < 4.78 is 6.21. The van der Waals surface area contributed by atoms with Gasteiger partial charge in [0.25, 0.3) is 0 Å². The Labute approximate surface area is 116 Å². The number of thioether (sulfide) groups is 1. The largest absolute Gasteiger partial charge is 0.365 e. The van der Waals surface area contributed by atoms with Crippen molar-refractivity contribution in [3.63, 3.8) is 0 Å². The normalized spacial score (nSPS) is 27.8. The van der Waals surface area contributed by atoms with Crippen molar-refractivity contribution in [3.8, 4) is 0 Å². The molecule has 0 N–H and O–H groups in total. The van der Waals surface area contributed by atoms with Crippen LogP contribution in [0.2, 0.25) is 0 Å². The van der Waals surface area contributed by atoms with E-state index in [0.717, 1.165) is 18.6 Å². The zero-order valence-corrected chi connectivity index (χ0v) is 12.7. The minimum atomic E-state index is -0.223.